The van der Waals surface area contributed by atoms with E-state index < -0.39 is 0 Å². The molecule has 1 fully saturated rings. The van der Waals surface area contributed by atoms with Gasteiger partial charge in [-0.15, -0.1) is 0 Å². The molecule has 2 aromatic rings. The zero-order valence-electron chi connectivity index (χ0n) is 8.29. The molecule has 0 amide bonds. The number of nitrogens with one attached hydrogen (secondary N) is 2. The number of H-pyrrole nitrogens is 1. The number of fused-ring (bicyclic) bond motifs is 1. The van der Waals surface area contributed by atoms with Crippen LogP contribution in [0.1, 0.15) is 12.8 Å². The molecular formula is C12H12N2O. The summed E-state index contributed by atoms with van der Waals surface area (Å²) in [5, 5.41) is 4.47. The van der Waals surface area contributed by atoms with Crippen LogP contribution in [-0.2, 0) is 0 Å². The normalized spacial score (nSPS) is 15.5. The fourth-order valence-corrected chi connectivity index (χ4v) is 1.70. The van der Waals surface area contributed by atoms with Gasteiger partial charge in [0.1, 0.15) is 0 Å². The maximum atomic E-state index is 11.2. The monoisotopic (exact) mass is 200 g/mol. The molecule has 3 heteroatoms. The van der Waals surface area contributed by atoms with E-state index in [0.717, 1.165) is 16.6 Å². The lowest BCUT2D eigenvalue weighted by Gasteiger charge is -2.05. The Morgan fingerprint density at radius 3 is 2.80 bits per heavy atom. The highest BCUT2D eigenvalue weighted by atomic mass is 16.1. The summed E-state index contributed by atoms with van der Waals surface area (Å²) in [5.41, 5.74) is 1.94. The Bertz CT molecular complexity index is 555. The van der Waals surface area contributed by atoms with Gasteiger partial charge in [0.05, 0.1) is 5.52 Å². The van der Waals surface area contributed by atoms with Gasteiger partial charge in [-0.3, -0.25) is 4.79 Å². The van der Waals surface area contributed by atoms with E-state index in [1.165, 1.54) is 12.8 Å². The molecule has 0 bridgehead atoms. The maximum absolute atomic E-state index is 11.2. The molecule has 1 aliphatic rings. The number of hydrogen-bond acceptors (Lipinski definition) is 2. The number of rotatable bonds is 2. The van der Waals surface area contributed by atoms with Crippen LogP contribution in [0.2, 0.25) is 0 Å². The minimum absolute atomic E-state index is 0.0499. The first-order valence-electron chi connectivity index (χ1n) is 5.21. The fourth-order valence-electron chi connectivity index (χ4n) is 1.70. The third-order valence-corrected chi connectivity index (χ3v) is 2.67. The van der Waals surface area contributed by atoms with Crippen LogP contribution >= 0.6 is 0 Å². The van der Waals surface area contributed by atoms with E-state index in [4.69, 9.17) is 0 Å². The van der Waals surface area contributed by atoms with Crippen LogP contribution in [0.4, 0.5) is 5.69 Å². The minimum Gasteiger partial charge on any atom is -0.382 e. The van der Waals surface area contributed by atoms with Gasteiger partial charge in [-0.25, -0.2) is 0 Å². The first-order valence-corrected chi connectivity index (χ1v) is 5.21. The number of aromatic nitrogens is 1. The molecule has 0 unspecified atom stereocenters. The molecule has 0 atom stereocenters. The van der Waals surface area contributed by atoms with E-state index in [-0.39, 0.29) is 5.56 Å². The molecule has 3 nitrogen and oxygen atoms in total. The van der Waals surface area contributed by atoms with E-state index in [0.29, 0.717) is 6.04 Å². The Morgan fingerprint density at radius 2 is 2.00 bits per heavy atom. The van der Waals surface area contributed by atoms with E-state index in [1.54, 1.807) is 6.07 Å². The van der Waals surface area contributed by atoms with E-state index in [9.17, 15) is 4.79 Å². The molecule has 15 heavy (non-hydrogen) atoms. The van der Waals surface area contributed by atoms with Crippen molar-refractivity contribution in [1.82, 2.24) is 4.98 Å². The number of aromatic amines is 1. The molecule has 1 aliphatic carbocycles. The van der Waals surface area contributed by atoms with Crippen LogP contribution in [0.3, 0.4) is 0 Å². The highest BCUT2D eigenvalue weighted by Crippen LogP contribution is 2.25. The second kappa shape index (κ2) is 3.12. The summed E-state index contributed by atoms with van der Waals surface area (Å²) in [6.45, 7) is 0. The first kappa shape index (κ1) is 8.53. The topological polar surface area (TPSA) is 44.9 Å². The van der Waals surface area contributed by atoms with Crippen molar-refractivity contribution in [1.29, 1.82) is 0 Å². The molecule has 0 radical (unpaired) electrons. The average molecular weight is 200 g/mol. The van der Waals surface area contributed by atoms with E-state index in [2.05, 4.69) is 16.4 Å². The third kappa shape index (κ3) is 1.73. The van der Waals surface area contributed by atoms with Crippen LogP contribution in [0.25, 0.3) is 10.9 Å². The number of hydrogen-bond donors (Lipinski definition) is 2. The summed E-state index contributed by atoms with van der Waals surface area (Å²) in [6.07, 6.45) is 2.51. The summed E-state index contributed by atoms with van der Waals surface area (Å²) in [5.74, 6) is 0. The van der Waals surface area contributed by atoms with Crippen molar-refractivity contribution in [3.63, 3.8) is 0 Å². The Labute approximate surface area is 87.1 Å². The molecule has 2 N–H and O–H groups in total. The molecule has 0 spiro atoms. The molecule has 1 aromatic heterocycles. The Morgan fingerprint density at radius 1 is 1.20 bits per heavy atom. The van der Waals surface area contributed by atoms with Crippen molar-refractivity contribution >= 4 is 16.6 Å². The Kier molecular flexibility index (Phi) is 1.78. The van der Waals surface area contributed by atoms with Gasteiger partial charge < -0.3 is 10.3 Å². The summed E-state index contributed by atoms with van der Waals surface area (Å²) in [6, 6.07) is 10.1. The SMILES string of the molecule is O=c1ccc2ccc(NC3CC3)cc2[nH]1. The lowest BCUT2D eigenvalue weighted by atomic mass is 10.2. The number of pyridine rings is 1. The van der Waals surface area contributed by atoms with Crippen LogP contribution in [0.5, 0.6) is 0 Å². The van der Waals surface area contributed by atoms with Crippen molar-refractivity contribution in [3.05, 3.63) is 40.7 Å². The second-order valence-corrected chi connectivity index (χ2v) is 4.04. The largest absolute Gasteiger partial charge is 0.382 e. The van der Waals surface area contributed by atoms with Gasteiger partial charge in [-0.05, 0) is 36.4 Å². The molecule has 1 saturated carbocycles. The van der Waals surface area contributed by atoms with Crippen molar-refractivity contribution in [2.75, 3.05) is 5.32 Å². The van der Waals surface area contributed by atoms with Crippen LogP contribution < -0.4 is 10.9 Å². The summed E-state index contributed by atoms with van der Waals surface area (Å²) >= 11 is 0. The molecule has 0 aliphatic heterocycles. The van der Waals surface area contributed by atoms with Crippen molar-refractivity contribution in [2.45, 2.75) is 18.9 Å². The predicted molar refractivity (Wildman–Crippen MR) is 61.2 cm³/mol. The van der Waals surface area contributed by atoms with Gasteiger partial charge in [0.2, 0.25) is 5.56 Å². The first-order chi connectivity index (χ1) is 7.31. The van der Waals surface area contributed by atoms with Crippen molar-refractivity contribution in [2.24, 2.45) is 0 Å². The summed E-state index contributed by atoms with van der Waals surface area (Å²) in [7, 11) is 0. The number of anilines is 1. The molecule has 1 aromatic carbocycles. The highest BCUT2D eigenvalue weighted by Gasteiger charge is 2.20. The third-order valence-electron chi connectivity index (χ3n) is 2.67. The molecule has 3 rings (SSSR count). The van der Waals surface area contributed by atoms with E-state index >= 15 is 0 Å². The second-order valence-electron chi connectivity index (χ2n) is 4.04. The Balaban J connectivity index is 2.06. The number of benzene rings is 1. The van der Waals surface area contributed by atoms with Gasteiger partial charge >= 0.3 is 0 Å². The van der Waals surface area contributed by atoms with Gasteiger partial charge in [0.25, 0.3) is 0 Å². The average Bonchev–Trinajstić information content (AvgIpc) is 3.01. The molecule has 1 heterocycles. The maximum Gasteiger partial charge on any atom is 0.248 e. The van der Waals surface area contributed by atoms with Crippen LogP contribution in [0, 0.1) is 0 Å². The predicted octanol–water partition coefficient (Wildman–Crippen LogP) is 2.10. The van der Waals surface area contributed by atoms with Gasteiger partial charge in [-0.2, -0.15) is 0 Å². The van der Waals surface area contributed by atoms with Crippen LogP contribution in [-0.4, -0.2) is 11.0 Å². The molecule has 0 saturated heterocycles. The zero-order valence-corrected chi connectivity index (χ0v) is 8.29. The van der Waals surface area contributed by atoms with Crippen LogP contribution in [0.15, 0.2) is 35.1 Å². The van der Waals surface area contributed by atoms with Gasteiger partial charge in [0.15, 0.2) is 0 Å². The molecule has 76 valence electrons. The van der Waals surface area contributed by atoms with E-state index in [1.807, 2.05) is 18.2 Å². The van der Waals surface area contributed by atoms with Gasteiger partial charge in [0, 0.05) is 17.8 Å². The standard InChI is InChI=1S/C12H12N2O/c15-12-6-2-8-1-3-10(7-11(8)14-12)13-9-4-5-9/h1-3,6-7,9,13H,4-5H2,(H,14,15). The van der Waals surface area contributed by atoms with Gasteiger partial charge in [-0.1, -0.05) is 6.07 Å². The summed E-state index contributed by atoms with van der Waals surface area (Å²) in [4.78, 5) is 14.0. The fraction of sp³-hybridized carbons (Fsp3) is 0.250. The quantitative estimate of drug-likeness (QED) is 0.779. The van der Waals surface area contributed by atoms with Crippen molar-refractivity contribution < 1.29 is 0 Å². The highest BCUT2D eigenvalue weighted by molar-refractivity contribution is 5.81. The minimum atomic E-state index is -0.0499. The zero-order chi connectivity index (χ0) is 10.3. The lowest BCUT2D eigenvalue weighted by molar-refractivity contribution is 1.16. The summed E-state index contributed by atoms with van der Waals surface area (Å²) < 4.78 is 0. The Hall–Kier alpha value is -1.77. The molecular weight excluding hydrogens is 188 g/mol. The lowest BCUT2D eigenvalue weighted by Crippen LogP contribution is -2.04. The van der Waals surface area contributed by atoms with Crippen molar-refractivity contribution in [3.8, 4) is 0 Å². The smallest absolute Gasteiger partial charge is 0.248 e.